The molecule has 0 aliphatic carbocycles. The van der Waals surface area contributed by atoms with Gasteiger partial charge in [-0.2, -0.15) is 8.78 Å². The number of aryl methyl sites for hydroxylation is 1. The van der Waals surface area contributed by atoms with Crippen molar-refractivity contribution in [2.45, 2.75) is 20.1 Å². The molecule has 120 valence electrons. The molecule has 0 spiro atoms. The van der Waals surface area contributed by atoms with Crippen molar-refractivity contribution in [3.63, 3.8) is 0 Å². The van der Waals surface area contributed by atoms with Gasteiger partial charge in [0.05, 0.1) is 17.6 Å². The second-order valence-electron chi connectivity index (χ2n) is 4.97. The van der Waals surface area contributed by atoms with Crippen LogP contribution in [0.4, 0.5) is 13.2 Å². The van der Waals surface area contributed by atoms with Crippen LogP contribution in [0.3, 0.4) is 0 Å². The lowest BCUT2D eigenvalue weighted by atomic mass is 10.1. The lowest BCUT2D eigenvalue weighted by molar-refractivity contribution is -0.0506. The van der Waals surface area contributed by atoms with Gasteiger partial charge < -0.3 is 9.30 Å². The molecule has 7 heteroatoms. The molecule has 0 saturated carbocycles. The van der Waals surface area contributed by atoms with Gasteiger partial charge in [0.2, 0.25) is 0 Å². The van der Waals surface area contributed by atoms with E-state index in [1.54, 1.807) is 11.5 Å². The van der Waals surface area contributed by atoms with Gasteiger partial charge in [0.1, 0.15) is 17.4 Å². The van der Waals surface area contributed by atoms with Gasteiger partial charge in [-0.05, 0) is 37.3 Å². The predicted octanol–water partition coefficient (Wildman–Crippen LogP) is 4.90. The second kappa shape index (κ2) is 6.23. The fourth-order valence-electron chi connectivity index (χ4n) is 2.47. The minimum Gasteiger partial charge on any atom is -0.434 e. The number of hydrogen-bond acceptors (Lipinski definition) is 2. The van der Waals surface area contributed by atoms with E-state index in [1.165, 1.54) is 18.2 Å². The summed E-state index contributed by atoms with van der Waals surface area (Å²) in [6.07, 6.45) is 0. The molecule has 3 aromatic rings. The topological polar surface area (TPSA) is 27.1 Å². The van der Waals surface area contributed by atoms with Crippen LogP contribution in [0.5, 0.6) is 5.75 Å². The molecule has 0 radical (unpaired) electrons. The van der Waals surface area contributed by atoms with Crippen LogP contribution in [0.2, 0.25) is 0 Å². The van der Waals surface area contributed by atoms with E-state index in [9.17, 15) is 13.2 Å². The molecule has 2 aromatic carbocycles. The van der Waals surface area contributed by atoms with Crippen LogP contribution in [-0.2, 0) is 6.54 Å². The molecule has 0 bridgehead atoms. The van der Waals surface area contributed by atoms with E-state index in [4.69, 9.17) is 0 Å². The van der Waals surface area contributed by atoms with Crippen molar-refractivity contribution in [1.29, 1.82) is 0 Å². The van der Waals surface area contributed by atoms with Gasteiger partial charge in [-0.15, -0.1) is 0 Å². The maximum absolute atomic E-state index is 14.1. The third-order valence-corrected chi connectivity index (χ3v) is 4.00. The van der Waals surface area contributed by atoms with Crippen molar-refractivity contribution < 1.29 is 17.9 Å². The summed E-state index contributed by atoms with van der Waals surface area (Å²) in [7, 11) is 0. The Balaban J connectivity index is 2.09. The summed E-state index contributed by atoms with van der Waals surface area (Å²) in [5, 5.41) is 0. The summed E-state index contributed by atoms with van der Waals surface area (Å²) in [5.74, 6) is -0.111. The van der Waals surface area contributed by atoms with Gasteiger partial charge >= 0.3 is 6.61 Å². The summed E-state index contributed by atoms with van der Waals surface area (Å²) < 4.78 is 46.2. The number of fused-ring (bicyclic) bond motifs is 1. The smallest absolute Gasteiger partial charge is 0.387 e. The van der Waals surface area contributed by atoms with Gasteiger partial charge in [0.15, 0.2) is 0 Å². The highest BCUT2D eigenvalue weighted by atomic mass is 79.9. The molecular weight excluding hydrogens is 373 g/mol. The molecule has 1 heterocycles. The maximum atomic E-state index is 14.1. The number of nitrogens with zero attached hydrogens (tertiary/aromatic N) is 2. The number of benzene rings is 2. The highest BCUT2D eigenvalue weighted by Gasteiger charge is 2.16. The van der Waals surface area contributed by atoms with E-state index in [0.717, 1.165) is 15.5 Å². The van der Waals surface area contributed by atoms with E-state index >= 15 is 0 Å². The molecule has 0 unspecified atom stereocenters. The number of rotatable bonds is 4. The molecule has 3 rings (SSSR count). The Labute approximate surface area is 138 Å². The SMILES string of the molecule is Cc1nc2ccc(Br)cc2n1Cc1c(F)cccc1OC(F)F. The second-order valence-corrected chi connectivity index (χ2v) is 5.89. The molecule has 0 N–H and O–H groups in total. The van der Waals surface area contributed by atoms with Gasteiger partial charge in [-0.25, -0.2) is 9.37 Å². The molecule has 23 heavy (non-hydrogen) atoms. The van der Waals surface area contributed by atoms with Crippen molar-refractivity contribution in [2.24, 2.45) is 0 Å². The summed E-state index contributed by atoms with van der Waals surface area (Å²) >= 11 is 3.38. The quantitative estimate of drug-likeness (QED) is 0.639. The lowest BCUT2D eigenvalue weighted by Crippen LogP contribution is -2.09. The number of imidazole rings is 1. The van der Waals surface area contributed by atoms with E-state index in [2.05, 4.69) is 25.7 Å². The van der Waals surface area contributed by atoms with Crippen molar-refractivity contribution >= 4 is 27.0 Å². The minimum atomic E-state index is -3.01. The van der Waals surface area contributed by atoms with E-state index in [-0.39, 0.29) is 17.9 Å². The zero-order valence-electron chi connectivity index (χ0n) is 12.1. The number of aromatic nitrogens is 2. The van der Waals surface area contributed by atoms with Crippen molar-refractivity contribution in [3.05, 3.63) is 58.1 Å². The molecule has 3 nitrogen and oxygen atoms in total. The number of hydrogen-bond donors (Lipinski definition) is 0. The Kier molecular flexibility index (Phi) is 4.30. The third kappa shape index (κ3) is 3.19. The van der Waals surface area contributed by atoms with Crippen molar-refractivity contribution in [1.82, 2.24) is 9.55 Å². The third-order valence-electron chi connectivity index (χ3n) is 3.51. The minimum absolute atomic E-state index is 0.0491. The fraction of sp³-hybridized carbons (Fsp3) is 0.188. The molecular formula is C16H12BrF3N2O. The first-order chi connectivity index (χ1) is 11.0. The largest absolute Gasteiger partial charge is 0.434 e. The van der Waals surface area contributed by atoms with Crippen LogP contribution in [0, 0.1) is 12.7 Å². The monoisotopic (exact) mass is 384 g/mol. The number of ether oxygens (including phenoxy) is 1. The first-order valence-corrected chi connectivity index (χ1v) is 7.59. The normalized spacial score (nSPS) is 11.4. The van der Waals surface area contributed by atoms with Crippen LogP contribution < -0.4 is 4.74 Å². The number of alkyl halides is 2. The molecule has 0 amide bonds. The summed E-state index contributed by atoms with van der Waals surface area (Å²) in [6, 6.07) is 9.43. The molecule has 0 aliphatic heterocycles. The zero-order chi connectivity index (χ0) is 16.6. The predicted molar refractivity (Wildman–Crippen MR) is 84.3 cm³/mol. The molecule has 0 atom stereocenters. The zero-order valence-corrected chi connectivity index (χ0v) is 13.6. The van der Waals surface area contributed by atoms with Crippen LogP contribution in [0.1, 0.15) is 11.4 Å². The Morgan fingerprint density at radius 1 is 1.26 bits per heavy atom. The van der Waals surface area contributed by atoms with Crippen LogP contribution >= 0.6 is 15.9 Å². The van der Waals surface area contributed by atoms with Gasteiger partial charge in [0.25, 0.3) is 0 Å². The lowest BCUT2D eigenvalue weighted by Gasteiger charge is -2.13. The Hall–Kier alpha value is -2.02. The van der Waals surface area contributed by atoms with Gasteiger partial charge in [-0.1, -0.05) is 22.0 Å². The van der Waals surface area contributed by atoms with Crippen LogP contribution in [-0.4, -0.2) is 16.2 Å². The van der Waals surface area contributed by atoms with E-state index in [0.29, 0.717) is 5.82 Å². The Bertz CT molecular complexity index is 864. The van der Waals surface area contributed by atoms with E-state index in [1.807, 2.05) is 18.2 Å². The van der Waals surface area contributed by atoms with Crippen LogP contribution in [0.15, 0.2) is 40.9 Å². The summed E-state index contributed by atoms with van der Waals surface area (Å²) in [5.41, 5.74) is 1.59. The van der Waals surface area contributed by atoms with Gasteiger partial charge in [0, 0.05) is 10.0 Å². The molecule has 1 aromatic heterocycles. The molecule has 0 saturated heterocycles. The average Bonchev–Trinajstić information content (AvgIpc) is 2.77. The van der Waals surface area contributed by atoms with E-state index < -0.39 is 12.4 Å². The maximum Gasteiger partial charge on any atom is 0.387 e. The summed E-state index contributed by atoms with van der Waals surface area (Å²) in [4.78, 5) is 4.40. The average molecular weight is 385 g/mol. The van der Waals surface area contributed by atoms with Crippen molar-refractivity contribution in [2.75, 3.05) is 0 Å². The molecule has 0 fully saturated rings. The first kappa shape index (κ1) is 15.9. The highest BCUT2D eigenvalue weighted by molar-refractivity contribution is 9.10. The Morgan fingerprint density at radius 2 is 2.04 bits per heavy atom. The summed E-state index contributed by atoms with van der Waals surface area (Å²) in [6.45, 7) is -1.18. The fourth-order valence-corrected chi connectivity index (χ4v) is 2.82. The highest BCUT2D eigenvalue weighted by Crippen LogP contribution is 2.27. The Morgan fingerprint density at radius 3 is 2.78 bits per heavy atom. The first-order valence-electron chi connectivity index (χ1n) is 6.80. The molecule has 0 aliphatic rings. The van der Waals surface area contributed by atoms with Crippen LogP contribution in [0.25, 0.3) is 11.0 Å². The number of halogens is 4. The van der Waals surface area contributed by atoms with Crippen molar-refractivity contribution in [3.8, 4) is 5.75 Å². The standard InChI is InChI=1S/C16H12BrF3N2O/c1-9-21-13-6-5-10(17)7-14(13)22(9)8-11-12(18)3-2-4-15(11)23-16(19)20/h2-7,16H,8H2,1H3. The van der Waals surface area contributed by atoms with Gasteiger partial charge in [-0.3, -0.25) is 0 Å².